The van der Waals surface area contributed by atoms with Crippen LogP contribution < -0.4 is 5.06 Å². The smallest absolute Gasteiger partial charge is 0.260 e. The van der Waals surface area contributed by atoms with E-state index < -0.39 is 5.41 Å². The third-order valence-electron chi connectivity index (χ3n) is 3.00. The Labute approximate surface area is 95.0 Å². The lowest BCUT2D eigenvalue weighted by molar-refractivity contribution is -0.130. The van der Waals surface area contributed by atoms with Gasteiger partial charge in [0.15, 0.2) is 0 Å². The molecule has 0 spiro atoms. The maximum Gasteiger partial charge on any atom is 0.260 e. The lowest BCUT2D eigenvalue weighted by Crippen LogP contribution is -2.38. The molecule has 0 aliphatic heterocycles. The predicted molar refractivity (Wildman–Crippen MR) is 62.2 cm³/mol. The second-order valence-electron chi connectivity index (χ2n) is 4.31. The monoisotopic (exact) mass is 217 g/mol. The van der Waals surface area contributed by atoms with Crippen molar-refractivity contribution >= 4 is 11.6 Å². The second-order valence-corrected chi connectivity index (χ2v) is 4.31. The molecule has 1 aliphatic carbocycles. The van der Waals surface area contributed by atoms with E-state index in [0.717, 1.165) is 17.9 Å². The predicted octanol–water partition coefficient (Wildman–Crippen LogP) is 2.77. The van der Waals surface area contributed by atoms with E-state index in [1.807, 2.05) is 25.1 Å². The van der Waals surface area contributed by atoms with E-state index >= 15 is 0 Å². The number of hydrogen-bond donors (Lipinski definition) is 1. The van der Waals surface area contributed by atoms with Gasteiger partial charge in [0.25, 0.3) is 5.91 Å². The van der Waals surface area contributed by atoms with Gasteiger partial charge in [0, 0.05) is 0 Å². The molecule has 1 amide bonds. The molecule has 2 rings (SSSR count). The van der Waals surface area contributed by atoms with Crippen molar-refractivity contribution in [2.24, 2.45) is 5.41 Å². The molecule has 0 bridgehead atoms. The summed E-state index contributed by atoms with van der Waals surface area (Å²) < 4.78 is 0. The normalized spacial score (nSPS) is 23.4. The minimum atomic E-state index is -0.565. The minimum absolute atomic E-state index is 0.271. The fourth-order valence-electron chi connectivity index (χ4n) is 1.92. The van der Waals surface area contributed by atoms with E-state index in [-0.39, 0.29) is 5.91 Å². The summed E-state index contributed by atoms with van der Waals surface area (Å²) in [5, 5.41) is 10.6. The van der Waals surface area contributed by atoms with Crippen LogP contribution in [0.4, 0.5) is 5.69 Å². The molecule has 1 unspecified atom stereocenters. The number of anilines is 1. The van der Waals surface area contributed by atoms with Crippen molar-refractivity contribution in [3.63, 3.8) is 0 Å². The first kappa shape index (κ1) is 10.9. The van der Waals surface area contributed by atoms with Crippen molar-refractivity contribution in [1.82, 2.24) is 0 Å². The summed E-state index contributed by atoms with van der Waals surface area (Å²) in [6, 6.07) is 8.84. The highest BCUT2D eigenvalue weighted by Gasteiger charge is 2.36. The first-order valence-corrected chi connectivity index (χ1v) is 5.40. The van der Waals surface area contributed by atoms with Crippen LogP contribution in [0.25, 0.3) is 0 Å². The summed E-state index contributed by atoms with van der Waals surface area (Å²) in [6.45, 7) is 1.85. The van der Waals surface area contributed by atoms with E-state index in [2.05, 4.69) is 0 Å². The van der Waals surface area contributed by atoms with Crippen molar-refractivity contribution < 1.29 is 10.0 Å². The van der Waals surface area contributed by atoms with Crippen molar-refractivity contribution in [1.29, 1.82) is 0 Å². The molecule has 3 nitrogen and oxygen atoms in total. The number of carbonyl (C=O) groups is 1. The average Bonchev–Trinajstić information content (AvgIpc) is 2.77. The Morgan fingerprint density at radius 1 is 1.38 bits per heavy atom. The molecule has 0 saturated carbocycles. The molecule has 0 saturated heterocycles. The van der Waals surface area contributed by atoms with Crippen molar-refractivity contribution in [2.45, 2.75) is 19.8 Å². The van der Waals surface area contributed by atoms with E-state index in [1.54, 1.807) is 24.3 Å². The van der Waals surface area contributed by atoms with Crippen LogP contribution >= 0.6 is 0 Å². The van der Waals surface area contributed by atoms with E-state index in [4.69, 9.17) is 0 Å². The lowest BCUT2D eigenvalue weighted by atomic mass is 9.89. The summed E-state index contributed by atoms with van der Waals surface area (Å²) >= 11 is 0. The molecule has 0 fully saturated rings. The zero-order chi connectivity index (χ0) is 11.6. The Balaban J connectivity index is 2.20. The van der Waals surface area contributed by atoms with E-state index in [1.165, 1.54) is 0 Å². The van der Waals surface area contributed by atoms with Gasteiger partial charge in [-0.1, -0.05) is 30.4 Å². The Hall–Kier alpha value is -1.61. The SMILES string of the molecule is CC1(C(=O)N(O)c2ccccc2)C=CCC1. The van der Waals surface area contributed by atoms with Crippen molar-refractivity contribution in [3.8, 4) is 0 Å². The van der Waals surface area contributed by atoms with Crippen LogP contribution in [-0.4, -0.2) is 11.1 Å². The molecule has 0 aromatic heterocycles. The van der Waals surface area contributed by atoms with Gasteiger partial charge in [-0.15, -0.1) is 0 Å². The summed E-state index contributed by atoms with van der Waals surface area (Å²) in [6.07, 6.45) is 5.51. The highest BCUT2D eigenvalue weighted by molar-refractivity contribution is 5.96. The molecule has 1 aliphatic rings. The summed E-state index contributed by atoms with van der Waals surface area (Å²) in [4.78, 5) is 12.1. The molecule has 1 aromatic carbocycles. The van der Waals surface area contributed by atoms with Gasteiger partial charge in [-0.05, 0) is 31.9 Å². The van der Waals surface area contributed by atoms with Gasteiger partial charge >= 0.3 is 0 Å². The van der Waals surface area contributed by atoms with Crippen molar-refractivity contribution in [3.05, 3.63) is 42.5 Å². The number of allylic oxidation sites excluding steroid dienone is 1. The Kier molecular flexibility index (Phi) is 2.79. The van der Waals surface area contributed by atoms with Crippen molar-refractivity contribution in [2.75, 3.05) is 5.06 Å². The summed E-state index contributed by atoms with van der Waals surface area (Å²) in [5.41, 5.74) is -0.0565. The quantitative estimate of drug-likeness (QED) is 0.470. The zero-order valence-corrected chi connectivity index (χ0v) is 9.26. The second kappa shape index (κ2) is 4.10. The lowest BCUT2D eigenvalue weighted by Gasteiger charge is -2.25. The summed E-state index contributed by atoms with van der Waals surface area (Å²) in [7, 11) is 0. The van der Waals surface area contributed by atoms with Crippen LogP contribution in [0.15, 0.2) is 42.5 Å². The van der Waals surface area contributed by atoms with Gasteiger partial charge in [0.05, 0.1) is 11.1 Å². The maximum absolute atomic E-state index is 12.1. The molecule has 0 heterocycles. The highest BCUT2D eigenvalue weighted by Crippen LogP contribution is 2.34. The van der Waals surface area contributed by atoms with Gasteiger partial charge in [0.1, 0.15) is 0 Å². The molecule has 0 radical (unpaired) electrons. The van der Waals surface area contributed by atoms with Crippen LogP contribution in [0.2, 0.25) is 0 Å². The molecular formula is C13H15NO2. The molecule has 84 valence electrons. The third kappa shape index (κ3) is 1.86. The van der Waals surface area contributed by atoms with E-state index in [0.29, 0.717) is 5.69 Å². The van der Waals surface area contributed by atoms with Crippen LogP contribution in [-0.2, 0) is 4.79 Å². The van der Waals surface area contributed by atoms with Crippen LogP contribution in [0, 0.1) is 5.41 Å². The van der Waals surface area contributed by atoms with Crippen LogP contribution in [0.5, 0.6) is 0 Å². The molecule has 1 N–H and O–H groups in total. The number of para-hydroxylation sites is 1. The number of benzene rings is 1. The van der Waals surface area contributed by atoms with Gasteiger partial charge in [-0.2, -0.15) is 5.06 Å². The molecule has 1 aromatic rings. The Morgan fingerprint density at radius 2 is 2.06 bits per heavy atom. The molecule has 3 heteroatoms. The molecular weight excluding hydrogens is 202 g/mol. The van der Waals surface area contributed by atoms with Gasteiger partial charge < -0.3 is 0 Å². The minimum Gasteiger partial charge on any atom is -0.281 e. The number of carbonyl (C=O) groups excluding carboxylic acids is 1. The third-order valence-corrected chi connectivity index (χ3v) is 3.00. The zero-order valence-electron chi connectivity index (χ0n) is 9.26. The van der Waals surface area contributed by atoms with Gasteiger partial charge in [0.2, 0.25) is 0 Å². The maximum atomic E-state index is 12.1. The van der Waals surface area contributed by atoms with Crippen LogP contribution in [0.3, 0.4) is 0 Å². The Bertz CT molecular complexity index is 413. The number of hydroxylamine groups is 1. The first-order valence-electron chi connectivity index (χ1n) is 5.40. The number of nitrogens with zero attached hydrogens (tertiary/aromatic N) is 1. The number of rotatable bonds is 2. The van der Waals surface area contributed by atoms with E-state index in [9.17, 15) is 10.0 Å². The van der Waals surface area contributed by atoms with Crippen LogP contribution in [0.1, 0.15) is 19.8 Å². The molecule has 1 atom stereocenters. The fourth-order valence-corrected chi connectivity index (χ4v) is 1.92. The number of hydrogen-bond acceptors (Lipinski definition) is 2. The standard InChI is InChI=1S/C13H15NO2/c1-13(9-5-6-10-13)12(15)14(16)11-7-3-2-4-8-11/h2-5,7-9,16H,6,10H2,1H3. The average molecular weight is 217 g/mol. The largest absolute Gasteiger partial charge is 0.281 e. The summed E-state index contributed by atoms with van der Waals surface area (Å²) in [5.74, 6) is -0.271. The first-order chi connectivity index (χ1) is 7.63. The Morgan fingerprint density at radius 3 is 2.62 bits per heavy atom. The topological polar surface area (TPSA) is 40.5 Å². The highest BCUT2D eigenvalue weighted by atomic mass is 16.5. The van der Waals surface area contributed by atoms with Gasteiger partial charge in [-0.3, -0.25) is 10.0 Å². The molecule has 16 heavy (non-hydrogen) atoms. The number of amides is 1. The fraction of sp³-hybridized carbons (Fsp3) is 0.308. The van der Waals surface area contributed by atoms with Gasteiger partial charge in [-0.25, -0.2) is 0 Å².